The van der Waals surface area contributed by atoms with E-state index in [0.29, 0.717) is 19.5 Å². The van der Waals surface area contributed by atoms with Crippen molar-refractivity contribution in [3.05, 3.63) is 96.1 Å². The average molecular weight is 491 g/mol. The third-order valence-electron chi connectivity index (χ3n) is 5.69. The van der Waals surface area contributed by atoms with E-state index in [1.165, 1.54) is 11.8 Å². The maximum atomic E-state index is 13.6. The fraction of sp³-hybridized carbons (Fsp3) is 0.310. The van der Waals surface area contributed by atoms with Gasteiger partial charge in [-0.2, -0.15) is 0 Å². The molecule has 1 unspecified atom stereocenters. The summed E-state index contributed by atoms with van der Waals surface area (Å²) in [5.41, 5.74) is 1.93. The van der Waals surface area contributed by atoms with Crippen molar-refractivity contribution in [1.29, 1.82) is 0 Å². The van der Waals surface area contributed by atoms with Crippen molar-refractivity contribution in [2.75, 3.05) is 19.4 Å². The number of methoxy groups -OCH3 is 1. The Labute approximate surface area is 212 Å². The van der Waals surface area contributed by atoms with Crippen molar-refractivity contribution in [1.82, 2.24) is 10.2 Å². The highest BCUT2D eigenvalue weighted by Crippen LogP contribution is 2.22. The summed E-state index contributed by atoms with van der Waals surface area (Å²) >= 11 is 1.48. The van der Waals surface area contributed by atoms with Gasteiger partial charge in [-0.25, -0.2) is 0 Å². The highest BCUT2D eigenvalue weighted by molar-refractivity contribution is 8.00. The van der Waals surface area contributed by atoms with Crippen molar-refractivity contribution < 1.29 is 14.3 Å². The molecule has 0 aliphatic rings. The van der Waals surface area contributed by atoms with E-state index in [-0.39, 0.29) is 17.6 Å². The number of hydrogen-bond acceptors (Lipinski definition) is 4. The van der Waals surface area contributed by atoms with E-state index >= 15 is 0 Å². The van der Waals surface area contributed by atoms with Gasteiger partial charge in [0.2, 0.25) is 11.8 Å². The van der Waals surface area contributed by atoms with Gasteiger partial charge in [-0.05, 0) is 41.8 Å². The predicted octanol–water partition coefficient (Wildman–Crippen LogP) is 5.34. The van der Waals surface area contributed by atoms with Gasteiger partial charge in [0.25, 0.3) is 0 Å². The lowest BCUT2D eigenvalue weighted by atomic mass is 10.0. The van der Waals surface area contributed by atoms with Crippen molar-refractivity contribution in [2.45, 2.75) is 43.7 Å². The summed E-state index contributed by atoms with van der Waals surface area (Å²) in [6.07, 6.45) is 2.34. The molecular weight excluding hydrogens is 456 g/mol. The van der Waals surface area contributed by atoms with E-state index in [9.17, 15) is 9.59 Å². The molecule has 0 aliphatic heterocycles. The first-order chi connectivity index (χ1) is 17.1. The second-order valence-electron chi connectivity index (χ2n) is 8.32. The number of unbranched alkanes of at least 4 members (excludes halogenated alkanes) is 1. The number of ether oxygens (including phenoxy) is 1. The molecule has 5 nitrogen and oxygen atoms in total. The molecule has 0 aliphatic carbocycles. The van der Waals surface area contributed by atoms with Crippen LogP contribution in [0.2, 0.25) is 0 Å². The minimum Gasteiger partial charge on any atom is -0.497 e. The third kappa shape index (κ3) is 8.48. The fourth-order valence-electron chi connectivity index (χ4n) is 3.77. The van der Waals surface area contributed by atoms with Crippen LogP contribution in [0.5, 0.6) is 5.75 Å². The van der Waals surface area contributed by atoms with Gasteiger partial charge in [-0.1, -0.05) is 74.0 Å². The zero-order valence-corrected chi connectivity index (χ0v) is 21.3. The first kappa shape index (κ1) is 26.4. The van der Waals surface area contributed by atoms with Crippen LogP contribution in [0.4, 0.5) is 0 Å². The molecule has 0 radical (unpaired) electrons. The molecule has 35 heavy (non-hydrogen) atoms. The molecule has 0 heterocycles. The largest absolute Gasteiger partial charge is 0.497 e. The van der Waals surface area contributed by atoms with Gasteiger partial charge in [0.15, 0.2) is 0 Å². The highest BCUT2D eigenvalue weighted by atomic mass is 32.2. The Hall–Kier alpha value is -3.25. The van der Waals surface area contributed by atoms with Crippen LogP contribution in [-0.4, -0.2) is 42.2 Å². The molecule has 0 saturated carbocycles. The molecule has 2 amide bonds. The van der Waals surface area contributed by atoms with Gasteiger partial charge in [-0.15, -0.1) is 11.8 Å². The molecule has 0 bridgehead atoms. The average Bonchev–Trinajstić information content (AvgIpc) is 2.90. The minimum absolute atomic E-state index is 0.0757. The number of thioether (sulfide) groups is 1. The normalized spacial score (nSPS) is 11.5. The van der Waals surface area contributed by atoms with Crippen LogP contribution < -0.4 is 10.1 Å². The summed E-state index contributed by atoms with van der Waals surface area (Å²) < 4.78 is 5.38. The van der Waals surface area contributed by atoms with E-state index in [1.807, 2.05) is 84.9 Å². The molecule has 3 rings (SSSR count). The lowest BCUT2D eigenvalue weighted by Gasteiger charge is -2.31. The standard InChI is InChI=1S/C29H34N2O3S/c1-3-4-18-30-29(33)27(20-23-12-7-5-8-13-23)31(21-24-14-11-15-25(19-24)34-2)28(32)22-35-26-16-9-6-10-17-26/h5-17,19,27H,3-4,18,20-22H2,1-2H3,(H,30,33). The van der Waals surface area contributed by atoms with Crippen molar-refractivity contribution >= 4 is 23.6 Å². The van der Waals surface area contributed by atoms with E-state index in [4.69, 9.17) is 4.74 Å². The number of hydrogen-bond donors (Lipinski definition) is 1. The molecule has 3 aromatic carbocycles. The fourth-order valence-corrected chi connectivity index (χ4v) is 4.58. The summed E-state index contributed by atoms with van der Waals surface area (Å²) in [5.74, 6) is 0.777. The predicted molar refractivity (Wildman–Crippen MR) is 143 cm³/mol. The van der Waals surface area contributed by atoms with E-state index in [0.717, 1.165) is 34.6 Å². The van der Waals surface area contributed by atoms with Crippen molar-refractivity contribution in [2.24, 2.45) is 0 Å². The van der Waals surface area contributed by atoms with Crippen LogP contribution in [0.3, 0.4) is 0 Å². The van der Waals surface area contributed by atoms with Crippen LogP contribution in [0.1, 0.15) is 30.9 Å². The Morgan fingerprint density at radius 2 is 1.63 bits per heavy atom. The van der Waals surface area contributed by atoms with Crippen molar-refractivity contribution in [3.8, 4) is 5.75 Å². The number of nitrogens with zero attached hydrogens (tertiary/aromatic N) is 1. The van der Waals surface area contributed by atoms with Gasteiger partial charge >= 0.3 is 0 Å². The molecule has 1 N–H and O–H groups in total. The van der Waals surface area contributed by atoms with Crippen LogP contribution in [-0.2, 0) is 22.6 Å². The second-order valence-corrected chi connectivity index (χ2v) is 9.37. The molecule has 184 valence electrons. The number of carbonyl (C=O) groups excluding carboxylic acids is 2. The molecule has 0 aromatic heterocycles. The maximum absolute atomic E-state index is 13.6. The Morgan fingerprint density at radius 3 is 2.31 bits per heavy atom. The summed E-state index contributed by atoms with van der Waals surface area (Å²) in [6.45, 7) is 3.01. The van der Waals surface area contributed by atoms with Crippen LogP contribution >= 0.6 is 11.8 Å². The second kappa shape index (κ2) is 14.2. The Bertz CT molecular complexity index is 1060. The zero-order valence-electron chi connectivity index (χ0n) is 20.5. The highest BCUT2D eigenvalue weighted by Gasteiger charge is 2.30. The minimum atomic E-state index is -0.621. The van der Waals surface area contributed by atoms with E-state index in [1.54, 1.807) is 12.0 Å². The number of amides is 2. The molecule has 0 saturated heterocycles. The SMILES string of the molecule is CCCCNC(=O)C(Cc1ccccc1)N(Cc1cccc(OC)c1)C(=O)CSc1ccccc1. The van der Waals surface area contributed by atoms with Crippen LogP contribution in [0.15, 0.2) is 89.8 Å². The lowest BCUT2D eigenvalue weighted by molar-refractivity contribution is -0.139. The van der Waals surface area contributed by atoms with E-state index in [2.05, 4.69) is 12.2 Å². The molecule has 6 heteroatoms. The van der Waals surface area contributed by atoms with Gasteiger partial charge in [0.1, 0.15) is 11.8 Å². The van der Waals surface area contributed by atoms with Gasteiger partial charge in [0, 0.05) is 24.4 Å². The third-order valence-corrected chi connectivity index (χ3v) is 6.69. The zero-order chi connectivity index (χ0) is 24.9. The quantitative estimate of drug-likeness (QED) is 0.259. The topological polar surface area (TPSA) is 58.6 Å². The summed E-state index contributed by atoms with van der Waals surface area (Å²) in [4.78, 5) is 29.8. The molecule has 0 spiro atoms. The van der Waals surface area contributed by atoms with Gasteiger partial charge in [0.05, 0.1) is 12.9 Å². The number of nitrogens with one attached hydrogen (secondary N) is 1. The molecule has 1 atom stereocenters. The number of carbonyl (C=O) groups is 2. The Morgan fingerprint density at radius 1 is 0.943 bits per heavy atom. The van der Waals surface area contributed by atoms with Crippen molar-refractivity contribution in [3.63, 3.8) is 0 Å². The summed E-state index contributed by atoms with van der Waals surface area (Å²) in [6, 6.07) is 26.8. The summed E-state index contributed by atoms with van der Waals surface area (Å²) in [5, 5.41) is 3.06. The molecule has 0 fully saturated rings. The van der Waals surface area contributed by atoms with Gasteiger partial charge in [-0.3, -0.25) is 9.59 Å². The smallest absolute Gasteiger partial charge is 0.243 e. The Kier molecular flexibility index (Phi) is 10.7. The van der Waals surface area contributed by atoms with Crippen LogP contribution in [0, 0.1) is 0 Å². The molecule has 3 aromatic rings. The Balaban J connectivity index is 1.89. The lowest BCUT2D eigenvalue weighted by Crippen LogP contribution is -2.51. The monoisotopic (exact) mass is 490 g/mol. The number of rotatable bonds is 13. The van der Waals surface area contributed by atoms with E-state index < -0.39 is 6.04 Å². The first-order valence-corrected chi connectivity index (χ1v) is 13.0. The first-order valence-electron chi connectivity index (χ1n) is 12.0. The van der Waals surface area contributed by atoms with Gasteiger partial charge < -0.3 is 15.0 Å². The summed E-state index contributed by atoms with van der Waals surface area (Å²) in [7, 11) is 1.62. The maximum Gasteiger partial charge on any atom is 0.243 e. The van der Waals surface area contributed by atoms with Crippen LogP contribution in [0.25, 0.3) is 0 Å². The number of benzene rings is 3. The molecular formula is C29H34N2O3S.